The van der Waals surface area contributed by atoms with Crippen molar-refractivity contribution in [2.75, 3.05) is 20.0 Å². The fourth-order valence-corrected chi connectivity index (χ4v) is 1.86. The first kappa shape index (κ1) is 14.7. The second-order valence-electron chi connectivity index (χ2n) is 4.43. The maximum Gasteiger partial charge on any atom is 0.185 e. The third-order valence-corrected chi connectivity index (χ3v) is 3.03. The largest absolute Gasteiger partial charge is 0.493 e. The zero-order valence-corrected chi connectivity index (χ0v) is 12.0. The summed E-state index contributed by atoms with van der Waals surface area (Å²) in [6.07, 6.45) is 3.27. The van der Waals surface area contributed by atoms with Crippen molar-refractivity contribution >= 4 is 17.5 Å². The Morgan fingerprint density at radius 1 is 1.00 bits per heavy atom. The maximum absolute atomic E-state index is 12.1. The number of hydrogen-bond donors (Lipinski definition) is 1. The lowest BCUT2D eigenvalue weighted by atomic mass is 10.1. The molecule has 0 saturated heterocycles. The molecule has 2 N–H and O–H groups in total. The number of methoxy groups -OCH3 is 2. The fourth-order valence-electron chi connectivity index (χ4n) is 1.86. The van der Waals surface area contributed by atoms with E-state index in [2.05, 4.69) is 0 Å². The van der Waals surface area contributed by atoms with E-state index >= 15 is 0 Å². The van der Waals surface area contributed by atoms with Crippen LogP contribution in [0.2, 0.25) is 0 Å². The Morgan fingerprint density at radius 2 is 1.67 bits per heavy atom. The van der Waals surface area contributed by atoms with Crippen molar-refractivity contribution in [3.63, 3.8) is 0 Å². The number of rotatable bonds is 5. The molecule has 0 atom stereocenters. The van der Waals surface area contributed by atoms with Crippen molar-refractivity contribution in [3.8, 4) is 11.5 Å². The highest BCUT2D eigenvalue weighted by atomic mass is 16.5. The summed E-state index contributed by atoms with van der Waals surface area (Å²) in [5.41, 5.74) is 7.77. The lowest BCUT2D eigenvalue weighted by Gasteiger charge is -2.07. The Bertz CT molecular complexity index is 660. The summed E-state index contributed by atoms with van der Waals surface area (Å²) >= 11 is 0. The SMILES string of the molecule is COc1ccc(C(=O)/C=C/c2ccc(N)cc2)cc1OC. The van der Waals surface area contributed by atoms with E-state index in [0.29, 0.717) is 22.7 Å². The van der Waals surface area contributed by atoms with Crippen LogP contribution in [0, 0.1) is 0 Å². The molecule has 4 nitrogen and oxygen atoms in total. The van der Waals surface area contributed by atoms with Crippen LogP contribution in [0.3, 0.4) is 0 Å². The fraction of sp³-hybridized carbons (Fsp3) is 0.118. The highest BCUT2D eigenvalue weighted by Gasteiger charge is 2.08. The first-order chi connectivity index (χ1) is 10.1. The van der Waals surface area contributed by atoms with Gasteiger partial charge in [-0.1, -0.05) is 18.2 Å². The average molecular weight is 283 g/mol. The maximum atomic E-state index is 12.1. The van der Waals surface area contributed by atoms with E-state index in [4.69, 9.17) is 15.2 Å². The molecule has 0 unspecified atom stereocenters. The molecule has 0 heterocycles. The number of nitrogen functional groups attached to an aromatic ring is 1. The smallest absolute Gasteiger partial charge is 0.185 e. The van der Waals surface area contributed by atoms with Crippen molar-refractivity contribution in [3.05, 3.63) is 59.7 Å². The highest BCUT2D eigenvalue weighted by molar-refractivity contribution is 6.07. The molecule has 2 rings (SSSR count). The molecule has 108 valence electrons. The predicted molar refractivity (Wildman–Crippen MR) is 83.8 cm³/mol. The molecule has 0 saturated carbocycles. The third kappa shape index (κ3) is 3.63. The van der Waals surface area contributed by atoms with Crippen LogP contribution < -0.4 is 15.2 Å². The molecule has 0 spiro atoms. The van der Waals surface area contributed by atoms with Gasteiger partial charge in [0.05, 0.1) is 14.2 Å². The number of allylic oxidation sites excluding steroid dienone is 1. The van der Waals surface area contributed by atoms with Crippen molar-refractivity contribution in [1.29, 1.82) is 0 Å². The van der Waals surface area contributed by atoms with Crippen LogP contribution in [0.5, 0.6) is 11.5 Å². The molecule has 0 bridgehead atoms. The number of carbonyl (C=O) groups is 1. The molecule has 0 aromatic heterocycles. The van der Waals surface area contributed by atoms with E-state index in [9.17, 15) is 4.79 Å². The minimum absolute atomic E-state index is 0.104. The molecular weight excluding hydrogens is 266 g/mol. The Balaban J connectivity index is 2.18. The quantitative estimate of drug-likeness (QED) is 0.520. The highest BCUT2D eigenvalue weighted by Crippen LogP contribution is 2.27. The molecule has 2 aromatic carbocycles. The Kier molecular flexibility index (Phi) is 4.61. The Morgan fingerprint density at radius 3 is 2.29 bits per heavy atom. The van der Waals surface area contributed by atoms with Crippen LogP contribution in [-0.4, -0.2) is 20.0 Å². The zero-order chi connectivity index (χ0) is 15.2. The van der Waals surface area contributed by atoms with Gasteiger partial charge < -0.3 is 15.2 Å². The summed E-state index contributed by atoms with van der Waals surface area (Å²) in [5.74, 6) is 1.02. The molecular formula is C17H17NO3. The molecule has 0 aliphatic heterocycles. The molecule has 0 radical (unpaired) electrons. The van der Waals surface area contributed by atoms with Gasteiger partial charge in [-0.05, 0) is 42.0 Å². The van der Waals surface area contributed by atoms with E-state index in [1.807, 2.05) is 12.1 Å². The van der Waals surface area contributed by atoms with Gasteiger partial charge in [-0.3, -0.25) is 4.79 Å². The number of carbonyl (C=O) groups excluding carboxylic acids is 1. The minimum atomic E-state index is -0.104. The number of ether oxygens (including phenoxy) is 2. The van der Waals surface area contributed by atoms with E-state index < -0.39 is 0 Å². The number of benzene rings is 2. The van der Waals surface area contributed by atoms with Crippen molar-refractivity contribution in [2.24, 2.45) is 0 Å². The summed E-state index contributed by atoms with van der Waals surface area (Å²) in [4.78, 5) is 12.1. The van der Waals surface area contributed by atoms with Gasteiger partial charge in [-0.2, -0.15) is 0 Å². The first-order valence-corrected chi connectivity index (χ1v) is 6.44. The van der Waals surface area contributed by atoms with Gasteiger partial charge in [0.2, 0.25) is 0 Å². The van der Waals surface area contributed by atoms with Gasteiger partial charge in [0, 0.05) is 11.3 Å². The number of hydrogen-bond acceptors (Lipinski definition) is 4. The van der Waals surface area contributed by atoms with Gasteiger partial charge in [-0.15, -0.1) is 0 Å². The van der Waals surface area contributed by atoms with Crippen LogP contribution in [0.25, 0.3) is 6.08 Å². The van der Waals surface area contributed by atoms with Gasteiger partial charge in [0.25, 0.3) is 0 Å². The summed E-state index contributed by atoms with van der Waals surface area (Å²) in [5, 5.41) is 0. The number of ketones is 1. The zero-order valence-electron chi connectivity index (χ0n) is 12.0. The summed E-state index contributed by atoms with van der Waals surface area (Å²) < 4.78 is 10.3. The van der Waals surface area contributed by atoms with Crippen LogP contribution in [0.4, 0.5) is 5.69 Å². The molecule has 0 aliphatic rings. The minimum Gasteiger partial charge on any atom is -0.493 e. The van der Waals surface area contributed by atoms with Crippen molar-refractivity contribution < 1.29 is 14.3 Å². The van der Waals surface area contributed by atoms with Crippen molar-refractivity contribution in [2.45, 2.75) is 0 Å². The van der Waals surface area contributed by atoms with E-state index in [1.165, 1.54) is 13.2 Å². The topological polar surface area (TPSA) is 61.5 Å². The second-order valence-corrected chi connectivity index (χ2v) is 4.43. The number of anilines is 1. The number of nitrogens with two attached hydrogens (primary N) is 1. The van der Waals surface area contributed by atoms with Crippen LogP contribution in [0.1, 0.15) is 15.9 Å². The van der Waals surface area contributed by atoms with Gasteiger partial charge >= 0.3 is 0 Å². The molecule has 0 aliphatic carbocycles. The van der Waals surface area contributed by atoms with Crippen LogP contribution in [-0.2, 0) is 0 Å². The molecule has 0 amide bonds. The Labute approximate surface area is 123 Å². The lowest BCUT2D eigenvalue weighted by Crippen LogP contribution is -1.97. The average Bonchev–Trinajstić information content (AvgIpc) is 2.53. The van der Waals surface area contributed by atoms with E-state index in [1.54, 1.807) is 43.5 Å². The summed E-state index contributed by atoms with van der Waals surface area (Å²) in [7, 11) is 3.09. The third-order valence-electron chi connectivity index (χ3n) is 3.03. The predicted octanol–water partition coefficient (Wildman–Crippen LogP) is 3.18. The van der Waals surface area contributed by atoms with E-state index in [-0.39, 0.29) is 5.78 Å². The lowest BCUT2D eigenvalue weighted by molar-refractivity contribution is 0.104. The van der Waals surface area contributed by atoms with Crippen molar-refractivity contribution in [1.82, 2.24) is 0 Å². The molecule has 0 fully saturated rings. The standard InChI is InChI=1S/C17H17NO3/c1-20-16-10-6-13(11-17(16)21-2)15(19)9-5-12-3-7-14(18)8-4-12/h3-11H,18H2,1-2H3/b9-5+. The molecule has 4 heteroatoms. The second kappa shape index (κ2) is 6.61. The van der Waals surface area contributed by atoms with Crippen LogP contribution >= 0.6 is 0 Å². The van der Waals surface area contributed by atoms with E-state index in [0.717, 1.165) is 5.56 Å². The Hall–Kier alpha value is -2.75. The monoisotopic (exact) mass is 283 g/mol. The van der Waals surface area contributed by atoms with Gasteiger partial charge in [0.1, 0.15) is 0 Å². The summed E-state index contributed by atoms with van der Waals surface area (Å²) in [6.45, 7) is 0. The summed E-state index contributed by atoms with van der Waals surface area (Å²) in [6, 6.07) is 12.4. The molecule has 21 heavy (non-hydrogen) atoms. The van der Waals surface area contributed by atoms with Gasteiger partial charge in [-0.25, -0.2) is 0 Å². The normalized spacial score (nSPS) is 10.6. The van der Waals surface area contributed by atoms with Crippen LogP contribution in [0.15, 0.2) is 48.5 Å². The first-order valence-electron chi connectivity index (χ1n) is 6.44. The molecule has 2 aromatic rings. The van der Waals surface area contributed by atoms with Gasteiger partial charge in [0.15, 0.2) is 17.3 Å².